The van der Waals surface area contributed by atoms with Crippen molar-refractivity contribution >= 4 is 10.1 Å². The minimum atomic E-state index is -5.77. The van der Waals surface area contributed by atoms with Crippen LogP contribution in [0.1, 0.15) is 13.8 Å². The summed E-state index contributed by atoms with van der Waals surface area (Å²) >= 11 is 0. The minimum absolute atomic E-state index is 0.868. The molecule has 2 heterocycles. The number of azide groups is 1. The highest BCUT2D eigenvalue weighted by atomic mass is 32.2. The molecule has 2 saturated heterocycles. The summed E-state index contributed by atoms with van der Waals surface area (Å²) in [6.45, 7) is 2.16. The molecule has 4 atom stereocenters. The van der Waals surface area contributed by atoms with Crippen LogP contribution in [-0.2, 0) is 28.5 Å². The van der Waals surface area contributed by atoms with Crippen molar-refractivity contribution in [2.75, 3.05) is 6.61 Å². The quantitative estimate of drug-likeness (QED) is 0.249. The number of ether oxygens (including phenoxy) is 3. The Morgan fingerprint density at radius 1 is 1.36 bits per heavy atom. The average molecular weight is 347 g/mol. The molecular formula is C9H12F3N3O6S. The Labute approximate surface area is 123 Å². The number of hydrogen-bond acceptors (Lipinski definition) is 7. The molecule has 0 aromatic heterocycles. The molecule has 0 radical (unpaired) electrons. The van der Waals surface area contributed by atoms with Gasteiger partial charge in [0.25, 0.3) is 0 Å². The van der Waals surface area contributed by atoms with Gasteiger partial charge in [0.15, 0.2) is 12.1 Å². The molecule has 2 aliphatic rings. The molecule has 0 saturated carbocycles. The van der Waals surface area contributed by atoms with Crippen LogP contribution in [0, 0.1) is 0 Å². The topological polar surface area (TPSA) is 120 Å². The predicted molar refractivity (Wildman–Crippen MR) is 62.6 cm³/mol. The number of alkyl halides is 3. The lowest BCUT2D eigenvalue weighted by Gasteiger charge is -2.23. The largest absolute Gasteiger partial charge is 0.523 e. The molecule has 0 aromatic rings. The summed E-state index contributed by atoms with van der Waals surface area (Å²) in [6, 6.07) is -1.08. The van der Waals surface area contributed by atoms with Crippen LogP contribution in [0.2, 0.25) is 0 Å². The van der Waals surface area contributed by atoms with Crippen LogP contribution in [0.3, 0.4) is 0 Å². The molecule has 0 bridgehead atoms. The second-order valence-corrected chi connectivity index (χ2v) is 6.63. The molecule has 22 heavy (non-hydrogen) atoms. The highest BCUT2D eigenvalue weighted by Crippen LogP contribution is 2.39. The zero-order chi connectivity index (χ0) is 16.8. The molecule has 13 heteroatoms. The summed E-state index contributed by atoms with van der Waals surface area (Å²) in [5.41, 5.74) is 2.97. The van der Waals surface area contributed by atoms with Crippen molar-refractivity contribution < 1.29 is 40.0 Å². The third-order valence-corrected chi connectivity index (χ3v) is 3.98. The highest BCUT2D eigenvalue weighted by Gasteiger charge is 2.55. The van der Waals surface area contributed by atoms with Crippen LogP contribution in [0.4, 0.5) is 13.2 Å². The maximum atomic E-state index is 12.2. The second-order valence-electron chi connectivity index (χ2n) is 5.02. The van der Waals surface area contributed by atoms with Gasteiger partial charge in [-0.25, -0.2) is 0 Å². The lowest BCUT2D eigenvalue weighted by Crippen LogP contribution is -2.37. The van der Waals surface area contributed by atoms with Crippen LogP contribution in [0.25, 0.3) is 10.4 Å². The summed E-state index contributed by atoms with van der Waals surface area (Å²) in [5, 5.41) is 3.37. The minimum Gasteiger partial charge on any atom is -0.344 e. The Morgan fingerprint density at radius 2 is 2.00 bits per heavy atom. The number of nitrogens with zero attached hydrogens (tertiary/aromatic N) is 3. The van der Waals surface area contributed by atoms with E-state index in [1.165, 1.54) is 0 Å². The van der Waals surface area contributed by atoms with E-state index < -0.39 is 52.6 Å². The summed E-state index contributed by atoms with van der Waals surface area (Å²) in [5.74, 6) is -1.03. The zero-order valence-electron chi connectivity index (χ0n) is 11.3. The van der Waals surface area contributed by atoms with Gasteiger partial charge in [-0.1, -0.05) is 5.11 Å². The summed E-state index contributed by atoms with van der Waals surface area (Å²) < 4.78 is 78.2. The fraction of sp³-hybridized carbons (Fsp3) is 1.00. The Hall–Kier alpha value is -1.11. The highest BCUT2D eigenvalue weighted by molar-refractivity contribution is 7.87. The fourth-order valence-electron chi connectivity index (χ4n) is 2.12. The van der Waals surface area contributed by atoms with E-state index in [0.29, 0.717) is 0 Å². The molecule has 0 N–H and O–H groups in total. The van der Waals surface area contributed by atoms with E-state index >= 15 is 0 Å². The normalized spacial score (nSPS) is 34.2. The van der Waals surface area contributed by atoms with E-state index in [0.717, 1.165) is 0 Å². The first kappa shape index (κ1) is 17.2. The van der Waals surface area contributed by atoms with Gasteiger partial charge in [-0.2, -0.15) is 21.6 Å². The van der Waals surface area contributed by atoms with Gasteiger partial charge >= 0.3 is 15.6 Å². The van der Waals surface area contributed by atoms with Crippen molar-refractivity contribution in [1.82, 2.24) is 0 Å². The van der Waals surface area contributed by atoms with E-state index in [2.05, 4.69) is 14.2 Å². The van der Waals surface area contributed by atoms with Gasteiger partial charge in [-0.15, -0.1) is 0 Å². The van der Waals surface area contributed by atoms with Crippen molar-refractivity contribution in [2.45, 2.75) is 49.7 Å². The van der Waals surface area contributed by atoms with E-state index in [4.69, 9.17) is 19.7 Å². The van der Waals surface area contributed by atoms with Crippen LogP contribution in [-0.4, -0.2) is 50.9 Å². The average Bonchev–Trinajstić information content (AvgIpc) is 2.79. The predicted octanol–water partition coefficient (Wildman–Crippen LogP) is 1.41. The maximum absolute atomic E-state index is 12.2. The van der Waals surface area contributed by atoms with Gasteiger partial charge in [0.1, 0.15) is 6.10 Å². The third-order valence-electron chi connectivity index (χ3n) is 2.97. The van der Waals surface area contributed by atoms with Crippen molar-refractivity contribution in [1.29, 1.82) is 0 Å². The molecule has 0 amide bonds. The second kappa shape index (κ2) is 5.51. The van der Waals surface area contributed by atoms with E-state index in [-0.39, 0.29) is 0 Å². The van der Waals surface area contributed by atoms with Crippen LogP contribution < -0.4 is 0 Å². The molecule has 2 aliphatic heterocycles. The van der Waals surface area contributed by atoms with Gasteiger partial charge in [-0.05, 0) is 19.4 Å². The molecule has 0 aromatic carbocycles. The van der Waals surface area contributed by atoms with E-state index in [1.54, 1.807) is 13.8 Å². The monoisotopic (exact) mass is 347 g/mol. The van der Waals surface area contributed by atoms with Crippen LogP contribution >= 0.6 is 0 Å². The van der Waals surface area contributed by atoms with Gasteiger partial charge in [0.05, 0.1) is 18.8 Å². The maximum Gasteiger partial charge on any atom is 0.523 e. The molecular weight excluding hydrogens is 335 g/mol. The van der Waals surface area contributed by atoms with Crippen molar-refractivity contribution in [3.8, 4) is 0 Å². The number of hydrogen-bond donors (Lipinski definition) is 0. The Bertz CT molecular complexity index is 588. The third kappa shape index (κ3) is 3.29. The molecule has 0 spiro atoms. The summed E-state index contributed by atoms with van der Waals surface area (Å²) in [7, 11) is -5.77. The van der Waals surface area contributed by atoms with E-state index in [1.807, 2.05) is 0 Å². The van der Waals surface area contributed by atoms with Gasteiger partial charge in [0.2, 0.25) is 0 Å². The first-order chi connectivity index (χ1) is 9.97. The Morgan fingerprint density at radius 3 is 2.55 bits per heavy atom. The lowest BCUT2D eigenvalue weighted by molar-refractivity contribution is -0.208. The number of fused-ring (bicyclic) bond motifs is 1. The zero-order valence-corrected chi connectivity index (χ0v) is 12.2. The summed E-state index contributed by atoms with van der Waals surface area (Å²) in [4.78, 5) is 2.55. The molecule has 2 fully saturated rings. The van der Waals surface area contributed by atoms with Crippen molar-refractivity contribution in [3.05, 3.63) is 10.4 Å². The number of halogens is 3. The molecule has 0 aliphatic carbocycles. The molecule has 126 valence electrons. The fourth-order valence-corrected chi connectivity index (χ4v) is 2.57. The Kier molecular flexibility index (Phi) is 4.32. The standard InChI is InChI=1S/C9H12F3N3O6S/c1-8(2)20-6-5(14-15-13)4(19-7(6)21-8)3-18-22(16,17)9(10,11)12/h4-7H,3H2,1-2H3/t4-,5+,6-,7-/m1/s1. The smallest absolute Gasteiger partial charge is 0.344 e. The SMILES string of the molecule is CC1(C)O[C@H]2O[C@H](COS(=O)(=O)C(F)(F)F)[C@H](N=[N+]=[N-])[C@H]2O1. The lowest BCUT2D eigenvalue weighted by atomic mass is 10.1. The van der Waals surface area contributed by atoms with Gasteiger partial charge in [0, 0.05) is 4.91 Å². The van der Waals surface area contributed by atoms with Crippen LogP contribution in [0.15, 0.2) is 5.11 Å². The molecule has 0 unspecified atom stereocenters. The number of rotatable bonds is 4. The van der Waals surface area contributed by atoms with Gasteiger partial charge < -0.3 is 14.2 Å². The first-order valence-corrected chi connectivity index (χ1v) is 7.39. The van der Waals surface area contributed by atoms with E-state index in [9.17, 15) is 21.6 Å². The summed E-state index contributed by atoms with van der Waals surface area (Å²) in [6.07, 6.45) is -3.11. The van der Waals surface area contributed by atoms with Crippen LogP contribution in [0.5, 0.6) is 0 Å². The van der Waals surface area contributed by atoms with Crippen molar-refractivity contribution in [2.24, 2.45) is 5.11 Å². The molecule has 9 nitrogen and oxygen atoms in total. The Balaban J connectivity index is 2.08. The van der Waals surface area contributed by atoms with Gasteiger partial charge in [-0.3, -0.25) is 4.18 Å². The molecule has 2 rings (SSSR count). The first-order valence-electron chi connectivity index (χ1n) is 5.98. The van der Waals surface area contributed by atoms with Crippen molar-refractivity contribution in [3.63, 3.8) is 0 Å².